The Morgan fingerprint density at radius 3 is 2.90 bits per heavy atom. The number of fused-ring (bicyclic) bond motifs is 1. The number of carbonyl (C=O) groups is 1. The summed E-state index contributed by atoms with van der Waals surface area (Å²) in [7, 11) is 0. The van der Waals surface area contributed by atoms with Gasteiger partial charge in [0, 0.05) is 13.1 Å². The molecule has 6 heteroatoms. The van der Waals surface area contributed by atoms with Crippen LogP contribution in [0, 0.1) is 30.6 Å². The second-order valence-corrected chi connectivity index (χ2v) is 7.02. The third kappa shape index (κ3) is 2.69. The largest absolute Gasteiger partial charge is 0.466 e. The average Bonchev–Trinajstić information content (AvgIpc) is 3.04. The number of hydrogen-bond donors (Lipinski definition) is 0. The Morgan fingerprint density at radius 1 is 1.43 bits per heavy atom. The summed E-state index contributed by atoms with van der Waals surface area (Å²) in [6, 6.07) is 0. The molecule has 0 amide bonds. The van der Waals surface area contributed by atoms with Crippen LogP contribution in [0.15, 0.2) is 12.2 Å². The van der Waals surface area contributed by atoms with Gasteiger partial charge >= 0.3 is 5.97 Å². The van der Waals surface area contributed by atoms with Crippen molar-refractivity contribution >= 4 is 22.4 Å². The average molecular weight is 307 g/mol. The molecule has 1 aromatic rings. The van der Waals surface area contributed by atoms with Crippen LogP contribution >= 0.6 is 11.3 Å². The lowest BCUT2D eigenvalue weighted by Gasteiger charge is -2.31. The molecule has 0 N–H and O–H groups in total. The van der Waals surface area contributed by atoms with Crippen molar-refractivity contribution in [2.45, 2.75) is 20.8 Å². The standard InChI is InChI=1S/C15H21N3O2S/c1-4-20-14(19)13-9(2)5-6-11-7-18(8-12(11)13)15-17-16-10(3)21-15/h5-6,9,11-13H,4,7-8H2,1-3H3/t9-,11-,12-,13-/m0/s1. The number of ether oxygens (including phenoxy) is 1. The van der Waals surface area contributed by atoms with Gasteiger partial charge in [0.1, 0.15) is 5.01 Å². The number of aryl methyl sites for hydroxylation is 1. The maximum Gasteiger partial charge on any atom is 0.309 e. The summed E-state index contributed by atoms with van der Waals surface area (Å²) in [5, 5.41) is 10.3. The second-order valence-electron chi connectivity index (χ2n) is 5.86. The van der Waals surface area contributed by atoms with Gasteiger partial charge in [-0.2, -0.15) is 0 Å². The fourth-order valence-electron chi connectivity index (χ4n) is 3.46. The van der Waals surface area contributed by atoms with Crippen molar-refractivity contribution in [2.24, 2.45) is 23.7 Å². The van der Waals surface area contributed by atoms with Crippen molar-refractivity contribution in [3.8, 4) is 0 Å². The zero-order chi connectivity index (χ0) is 15.0. The van der Waals surface area contributed by atoms with Crippen LogP contribution in [0.25, 0.3) is 0 Å². The predicted octanol–water partition coefficient (Wildman–Crippen LogP) is 2.28. The summed E-state index contributed by atoms with van der Waals surface area (Å²) in [5.41, 5.74) is 0. The van der Waals surface area contributed by atoms with Gasteiger partial charge in [0.25, 0.3) is 0 Å². The van der Waals surface area contributed by atoms with Crippen LogP contribution in [0.5, 0.6) is 0 Å². The third-order valence-corrected chi connectivity index (χ3v) is 5.35. The van der Waals surface area contributed by atoms with Crippen LogP contribution in [0.3, 0.4) is 0 Å². The van der Waals surface area contributed by atoms with Crippen LogP contribution in [0.2, 0.25) is 0 Å². The molecule has 1 aliphatic carbocycles. The molecule has 0 bridgehead atoms. The molecular weight excluding hydrogens is 286 g/mol. The first kappa shape index (κ1) is 14.5. The van der Waals surface area contributed by atoms with Crippen LogP contribution in [-0.2, 0) is 9.53 Å². The lowest BCUT2D eigenvalue weighted by atomic mass is 9.72. The molecule has 21 heavy (non-hydrogen) atoms. The smallest absolute Gasteiger partial charge is 0.309 e. The second kappa shape index (κ2) is 5.75. The number of rotatable bonds is 3. The van der Waals surface area contributed by atoms with Crippen molar-refractivity contribution in [1.29, 1.82) is 0 Å². The molecule has 3 rings (SSSR count). The van der Waals surface area contributed by atoms with Gasteiger partial charge in [0.2, 0.25) is 5.13 Å². The van der Waals surface area contributed by atoms with Crippen molar-refractivity contribution in [1.82, 2.24) is 10.2 Å². The summed E-state index contributed by atoms with van der Waals surface area (Å²) in [5.74, 6) is 0.855. The van der Waals surface area contributed by atoms with Crippen LogP contribution in [0.4, 0.5) is 5.13 Å². The van der Waals surface area contributed by atoms with Crippen molar-refractivity contribution < 1.29 is 9.53 Å². The molecule has 2 heterocycles. The first-order valence-electron chi connectivity index (χ1n) is 7.50. The fourth-order valence-corrected chi connectivity index (χ4v) is 4.17. The number of hydrogen-bond acceptors (Lipinski definition) is 6. The van der Waals surface area contributed by atoms with Crippen LogP contribution in [-0.4, -0.2) is 35.9 Å². The van der Waals surface area contributed by atoms with E-state index in [2.05, 4.69) is 34.2 Å². The first-order valence-corrected chi connectivity index (χ1v) is 8.31. The molecule has 0 spiro atoms. The van der Waals surface area contributed by atoms with E-state index < -0.39 is 0 Å². The summed E-state index contributed by atoms with van der Waals surface area (Å²) in [6.07, 6.45) is 4.43. The topological polar surface area (TPSA) is 55.3 Å². The van der Waals surface area contributed by atoms with Crippen molar-refractivity contribution in [3.05, 3.63) is 17.2 Å². The van der Waals surface area contributed by atoms with Crippen LogP contribution in [0.1, 0.15) is 18.9 Å². The Morgan fingerprint density at radius 2 is 2.24 bits per heavy atom. The number of aromatic nitrogens is 2. The normalized spacial score (nSPS) is 31.3. The van der Waals surface area contributed by atoms with Gasteiger partial charge in [-0.3, -0.25) is 4.79 Å². The highest BCUT2D eigenvalue weighted by Crippen LogP contribution is 2.41. The van der Waals surface area contributed by atoms with E-state index >= 15 is 0 Å². The molecule has 4 atom stereocenters. The minimum Gasteiger partial charge on any atom is -0.466 e. The Labute approximate surface area is 129 Å². The molecular formula is C15H21N3O2S. The molecule has 1 fully saturated rings. The predicted molar refractivity (Wildman–Crippen MR) is 82.3 cm³/mol. The van der Waals surface area contributed by atoms with E-state index in [1.54, 1.807) is 11.3 Å². The third-order valence-electron chi connectivity index (χ3n) is 4.45. The lowest BCUT2D eigenvalue weighted by molar-refractivity contribution is -0.151. The zero-order valence-electron chi connectivity index (χ0n) is 12.7. The molecule has 5 nitrogen and oxygen atoms in total. The molecule has 0 radical (unpaired) electrons. The maximum atomic E-state index is 12.3. The summed E-state index contributed by atoms with van der Waals surface area (Å²) in [4.78, 5) is 14.6. The molecule has 1 saturated heterocycles. The Kier molecular flexibility index (Phi) is 3.97. The molecule has 2 aliphatic rings. The highest BCUT2D eigenvalue weighted by Gasteiger charge is 2.45. The highest BCUT2D eigenvalue weighted by molar-refractivity contribution is 7.15. The van der Waals surface area contributed by atoms with Gasteiger partial charge in [-0.1, -0.05) is 30.4 Å². The van der Waals surface area contributed by atoms with E-state index in [1.165, 1.54) is 0 Å². The summed E-state index contributed by atoms with van der Waals surface area (Å²) in [6.45, 7) is 8.15. The van der Waals surface area contributed by atoms with Crippen molar-refractivity contribution in [3.63, 3.8) is 0 Å². The van der Waals surface area contributed by atoms with Gasteiger partial charge in [-0.05, 0) is 31.6 Å². The Balaban J connectivity index is 1.80. The minimum absolute atomic E-state index is 0.0426. The van der Waals surface area contributed by atoms with Gasteiger partial charge in [-0.15, -0.1) is 10.2 Å². The SMILES string of the molecule is CCOC(=O)[C@@H]1[C@H]2CN(c3nnc(C)s3)C[C@@H]2C=C[C@@H]1C. The zero-order valence-corrected chi connectivity index (χ0v) is 13.5. The fraction of sp³-hybridized carbons (Fsp3) is 0.667. The van der Waals surface area contributed by atoms with E-state index in [-0.39, 0.29) is 17.8 Å². The monoisotopic (exact) mass is 307 g/mol. The van der Waals surface area contributed by atoms with E-state index in [4.69, 9.17) is 4.74 Å². The maximum absolute atomic E-state index is 12.3. The molecule has 0 aromatic carbocycles. The number of nitrogens with zero attached hydrogens (tertiary/aromatic N) is 3. The van der Waals surface area contributed by atoms with Gasteiger partial charge in [-0.25, -0.2) is 0 Å². The number of anilines is 1. The summed E-state index contributed by atoms with van der Waals surface area (Å²) < 4.78 is 5.29. The molecule has 1 aromatic heterocycles. The van der Waals surface area contributed by atoms with Crippen molar-refractivity contribution in [2.75, 3.05) is 24.6 Å². The highest BCUT2D eigenvalue weighted by atomic mass is 32.1. The van der Waals surface area contributed by atoms with Gasteiger partial charge < -0.3 is 9.64 Å². The lowest BCUT2D eigenvalue weighted by Crippen LogP contribution is -2.37. The minimum atomic E-state index is -0.0559. The number of allylic oxidation sites excluding steroid dienone is 1. The van der Waals surface area contributed by atoms with Gasteiger partial charge in [0.15, 0.2) is 0 Å². The van der Waals surface area contributed by atoms with E-state index in [1.807, 2.05) is 13.8 Å². The molecule has 1 aliphatic heterocycles. The molecule has 114 valence electrons. The quantitative estimate of drug-likeness (QED) is 0.633. The van der Waals surface area contributed by atoms with Gasteiger partial charge in [0.05, 0.1) is 12.5 Å². The van der Waals surface area contributed by atoms with E-state index in [0.29, 0.717) is 18.4 Å². The summed E-state index contributed by atoms with van der Waals surface area (Å²) >= 11 is 1.61. The number of carbonyl (C=O) groups excluding carboxylic acids is 1. The Bertz CT molecular complexity index is 557. The van der Waals surface area contributed by atoms with E-state index in [0.717, 1.165) is 23.2 Å². The van der Waals surface area contributed by atoms with E-state index in [9.17, 15) is 4.79 Å². The molecule has 0 saturated carbocycles. The number of esters is 1. The van der Waals surface area contributed by atoms with Crippen LogP contribution < -0.4 is 4.90 Å². The first-order chi connectivity index (χ1) is 10.1. The molecule has 0 unspecified atom stereocenters. The Hall–Kier alpha value is -1.43.